The van der Waals surface area contributed by atoms with Gasteiger partial charge in [0.15, 0.2) is 11.6 Å². The van der Waals surface area contributed by atoms with Crippen molar-refractivity contribution in [1.29, 1.82) is 0 Å². The molecule has 5 nitrogen and oxygen atoms in total. The highest BCUT2D eigenvalue weighted by molar-refractivity contribution is 6.30. The fourth-order valence-electron chi connectivity index (χ4n) is 2.14. The van der Waals surface area contributed by atoms with Crippen molar-refractivity contribution in [2.75, 3.05) is 16.4 Å². The fraction of sp³-hybridized carbons (Fsp3) is 0.0588. The molecule has 0 radical (unpaired) electrons. The Morgan fingerprint density at radius 2 is 1.72 bits per heavy atom. The first-order valence-electron chi connectivity index (χ1n) is 7.34. The summed E-state index contributed by atoms with van der Waals surface area (Å²) in [4.78, 5) is 8.08. The highest BCUT2D eigenvalue weighted by Crippen LogP contribution is 2.27. The molecular formula is C17H14ClF2N5. The van der Waals surface area contributed by atoms with E-state index in [-0.39, 0.29) is 17.2 Å². The third kappa shape index (κ3) is 4.13. The Labute approximate surface area is 147 Å². The lowest BCUT2D eigenvalue weighted by atomic mass is 10.2. The molecule has 128 valence electrons. The standard InChI is InChI=1S/C17H14ClF2N5/c18-11-3-1-10(2-4-11)8-22-16-15(21)17(24-9-23-16)25-14-6-5-12(19)7-13(14)20/h1-7,9H,8,21H2,(H2,22,23,24,25). The summed E-state index contributed by atoms with van der Waals surface area (Å²) in [5, 5.41) is 6.48. The molecule has 0 aliphatic carbocycles. The summed E-state index contributed by atoms with van der Waals surface area (Å²) in [5.74, 6) is -0.785. The maximum absolute atomic E-state index is 13.8. The third-order valence-electron chi connectivity index (χ3n) is 3.44. The molecule has 0 saturated heterocycles. The van der Waals surface area contributed by atoms with E-state index in [9.17, 15) is 8.78 Å². The number of anilines is 4. The second-order valence-electron chi connectivity index (χ2n) is 5.21. The largest absolute Gasteiger partial charge is 0.393 e. The zero-order valence-electron chi connectivity index (χ0n) is 12.9. The number of nitrogens with two attached hydrogens (primary N) is 1. The Morgan fingerprint density at radius 1 is 1.00 bits per heavy atom. The van der Waals surface area contributed by atoms with Gasteiger partial charge in [-0.1, -0.05) is 23.7 Å². The first kappa shape index (κ1) is 16.9. The molecule has 0 fully saturated rings. The van der Waals surface area contributed by atoms with Gasteiger partial charge in [-0.25, -0.2) is 18.7 Å². The van der Waals surface area contributed by atoms with Crippen molar-refractivity contribution >= 4 is 34.6 Å². The summed E-state index contributed by atoms with van der Waals surface area (Å²) < 4.78 is 26.7. The van der Waals surface area contributed by atoms with Crippen molar-refractivity contribution in [3.8, 4) is 0 Å². The molecule has 0 unspecified atom stereocenters. The summed E-state index contributed by atoms with van der Waals surface area (Å²) >= 11 is 5.85. The van der Waals surface area contributed by atoms with Crippen molar-refractivity contribution in [2.24, 2.45) is 0 Å². The minimum Gasteiger partial charge on any atom is -0.393 e. The second kappa shape index (κ2) is 7.31. The maximum atomic E-state index is 13.8. The van der Waals surface area contributed by atoms with Crippen LogP contribution in [0.3, 0.4) is 0 Å². The fourth-order valence-corrected chi connectivity index (χ4v) is 2.27. The second-order valence-corrected chi connectivity index (χ2v) is 5.65. The average molecular weight is 362 g/mol. The quantitative estimate of drug-likeness (QED) is 0.630. The van der Waals surface area contributed by atoms with Gasteiger partial charge in [-0.3, -0.25) is 0 Å². The topological polar surface area (TPSA) is 75.9 Å². The Balaban J connectivity index is 1.76. The van der Waals surface area contributed by atoms with Gasteiger partial charge in [0.05, 0.1) is 5.69 Å². The van der Waals surface area contributed by atoms with Crippen molar-refractivity contribution in [3.63, 3.8) is 0 Å². The predicted molar refractivity (Wildman–Crippen MR) is 94.9 cm³/mol. The number of rotatable bonds is 5. The molecule has 3 aromatic rings. The van der Waals surface area contributed by atoms with Crippen LogP contribution in [0.15, 0.2) is 48.8 Å². The zero-order valence-corrected chi connectivity index (χ0v) is 13.7. The highest BCUT2D eigenvalue weighted by atomic mass is 35.5. The first-order chi connectivity index (χ1) is 12.0. The van der Waals surface area contributed by atoms with Crippen molar-refractivity contribution in [3.05, 3.63) is 71.0 Å². The summed E-state index contributed by atoms with van der Waals surface area (Å²) in [6.45, 7) is 0.475. The highest BCUT2D eigenvalue weighted by Gasteiger charge is 2.11. The van der Waals surface area contributed by atoms with Crippen LogP contribution in [0.5, 0.6) is 0 Å². The van der Waals surface area contributed by atoms with E-state index in [2.05, 4.69) is 20.6 Å². The summed E-state index contributed by atoms with van der Waals surface area (Å²) in [5.41, 5.74) is 7.31. The van der Waals surface area contributed by atoms with Crippen LogP contribution in [-0.2, 0) is 6.54 Å². The summed E-state index contributed by atoms with van der Waals surface area (Å²) in [7, 11) is 0. The van der Waals surface area contributed by atoms with Crippen molar-refractivity contribution in [2.45, 2.75) is 6.54 Å². The molecule has 4 N–H and O–H groups in total. The van der Waals surface area contributed by atoms with E-state index in [1.165, 1.54) is 12.4 Å². The van der Waals surface area contributed by atoms with Gasteiger partial charge in [0.25, 0.3) is 0 Å². The lowest BCUT2D eigenvalue weighted by Crippen LogP contribution is -2.08. The van der Waals surface area contributed by atoms with Crippen LogP contribution in [0.2, 0.25) is 5.02 Å². The van der Waals surface area contributed by atoms with Crippen LogP contribution in [0.4, 0.5) is 31.8 Å². The van der Waals surface area contributed by atoms with Gasteiger partial charge in [0.1, 0.15) is 23.6 Å². The van der Waals surface area contributed by atoms with E-state index in [4.69, 9.17) is 17.3 Å². The van der Waals surface area contributed by atoms with Crippen LogP contribution in [0.25, 0.3) is 0 Å². The zero-order chi connectivity index (χ0) is 17.8. The molecule has 2 aromatic carbocycles. The average Bonchev–Trinajstić information content (AvgIpc) is 2.59. The van der Waals surface area contributed by atoms with Gasteiger partial charge in [-0.05, 0) is 29.8 Å². The normalized spacial score (nSPS) is 10.5. The van der Waals surface area contributed by atoms with E-state index >= 15 is 0 Å². The molecule has 1 heterocycles. The monoisotopic (exact) mass is 361 g/mol. The van der Waals surface area contributed by atoms with Crippen LogP contribution < -0.4 is 16.4 Å². The molecule has 0 aliphatic rings. The van der Waals surface area contributed by atoms with Crippen molar-refractivity contribution in [1.82, 2.24) is 9.97 Å². The molecule has 8 heteroatoms. The van der Waals surface area contributed by atoms with Crippen molar-refractivity contribution < 1.29 is 8.78 Å². The van der Waals surface area contributed by atoms with Gasteiger partial charge >= 0.3 is 0 Å². The third-order valence-corrected chi connectivity index (χ3v) is 3.69. The van der Waals surface area contributed by atoms with Crippen LogP contribution in [-0.4, -0.2) is 9.97 Å². The predicted octanol–water partition coefficient (Wildman–Crippen LogP) is 4.35. The summed E-state index contributed by atoms with van der Waals surface area (Å²) in [6, 6.07) is 10.5. The van der Waals surface area contributed by atoms with Gasteiger partial charge in [-0.15, -0.1) is 0 Å². The number of nitrogen functional groups attached to an aromatic ring is 1. The molecule has 25 heavy (non-hydrogen) atoms. The Morgan fingerprint density at radius 3 is 2.44 bits per heavy atom. The van der Waals surface area contributed by atoms with E-state index < -0.39 is 11.6 Å². The number of halogens is 3. The minimum atomic E-state index is -0.742. The number of hydrogen-bond acceptors (Lipinski definition) is 5. The van der Waals surface area contributed by atoms with Crippen LogP contribution in [0, 0.1) is 11.6 Å². The molecule has 0 amide bonds. The number of nitrogens with zero attached hydrogens (tertiary/aromatic N) is 2. The number of benzene rings is 2. The lowest BCUT2D eigenvalue weighted by molar-refractivity contribution is 0.586. The minimum absolute atomic E-state index is 0.0652. The Hall–Kier alpha value is -2.93. The molecule has 0 atom stereocenters. The summed E-state index contributed by atoms with van der Waals surface area (Å²) in [6.07, 6.45) is 1.30. The number of aromatic nitrogens is 2. The van der Waals surface area contributed by atoms with E-state index in [1.807, 2.05) is 12.1 Å². The number of nitrogens with one attached hydrogen (secondary N) is 2. The smallest absolute Gasteiger partial charge is 0.159 e. The SMILES string of the molecule is Nc1c(NCc2ccc(Cl)cc2)ncnc1Nc1ccc(F)cc1F. The van der Waals surface area contributed by atoms with Gasteiger partial charge in [0, 0.05) is 17.6 Å². The van der Waals surface area contributed by atoms with E-state index in [0.717, 1.165) is 17.7 Å². The molecule has 0 saturated carbocycles. The van der Waals surface area contributed by atoms with Crippen LogP contribution >= 0.6 is 11.6 Å². The van der Waals surface area contributed by atoms with Gasteiger partial charge in [0.2, 0.25) is 0 Å². The Kier molecular flexibility index (Phi) is 4.95. The van der Waals surface area contributed by atoms with Gasteiger partial charge in [-0.2, -0.15) is 0 Å². The molecule has 0 aliphatic heterocycles. The van der Waals surface area contributed by atoms with Crippen LogP contribution in [0.1, 0.15) is 5.56 Å². The molecule has 3 rings (SSSR count). The maximum Gasteiger partial charge on any atom is 0.159 e. The lowest BCUT2D eigenvalue weighted by Gasteiger charge is -2.13. The van der Waals surface area contributed by atoms with E-state index in [1.54, 1.807) is 12.1 Å². The van der Waals surface area contributed by atoms with E-state index in [0.29, 0.717) is 17.4 Å². The molecule has 0 bridgehead atoms. The Bertz CT molecular complexity index is 887. The number of hydrogen-bond donors (Lipinski definition) is 3. The molecular weight excluding hydrogens is 348 g/mol. The molecule has 1 aromatic heterocycles. The van der Waals surface area contributed by atoms with Gasteiger partial charge < -0.3 is 16.4 Å². The first-order valence-corrected chi connectivity index (χ1v) is 7.71. The molecule has 0 spiro atoms.